The minimum absolute atomic E-state index is 0.710. The van der Waals surface area contributed by atoms with Crippen molar-refractivity contribution in [3.8, 4) is 56.4 Å². The largest absolute Gasteiger partial charge is 0.316 e. The van der Waals surface area contributed by atoms with Crippen LogP contribution in [0.4, 0.5) is 0 Å². The van der Waals surface area contributed by atoms with Crippen LogP contribution in [0.2, 0.25) is 0 Å². The minimum Gasteiger partial charge on any atom is -0.316 e. The van der Waals surface area contributed by atoms with Gasteiger partial charge in [-0.15, -0.1) is 0 Å². The van der Waals surface area contributed by atoms with Crippen molar-refractivity contribution in [2.75, 3.05) is 0 Å². The molecular weight excluding hydrogens is 681 g/mol. The van der Waals surface area contributed by atoms with Gasteiger partial charge >= 0.3 is 0 Å². The molecule has 0 saturated carbocycles. The first-order valence-corrected chi connectivity index (χ1v) is 19.0. The summed E-state index contributed by atoms with van der Waals surface area (Å²) in [4.78, 5) is 10.1. The summed E-state index contributed by atoms with van der Waals surface area (Å²) in [6, 6.07) is 71.0. The zero-order valence-electron chi connectivity index (χ0n) is 30.4. The Balaban J connectivity index is 1.07. The van der Waals surface area contributed by atoms with Gasteiger partial charge in [-0.2, -0.15) is 0 Å². The third-order valence-electron chi connectivity index (χ3n) is 10.9. The molecule has 4 heteroatoms. The number of hydrogen-bond donors (Lipinski definition) is 0. The van der Waals surface area contributed by atoms with Crippen LogP contribution in [-0.2, 0) is 0 Å². The van der Waals surface area contributed by atoms with Crippen LogP contribution in [0.15, 0.2) is 206 Å². The van der Waals surface area contributed by atoms with Crippen LogP contribution in [0.1, 0.15) is 0 Å². The van der Waals surface area contributed by atoms with Gasteiger partial charge in [-0.25, -0.2) is 9.97 Å². The summed E-state index contributed by atoms with van der Waals surface area (Å²) in [5, 5.41) is 6.22. The first-order valence-electron chi connectivity index (χ1n) is 19.0. The fourth-order valence-electron chi connectivity index (χ4n) is 8.33. The van der Waals surface area contributed by atoms with E-state index in [4.69, 9.17) is 9.97 Å². The fraction of sp³-hybridized carbons (Fsp3) is 0. The van der Waals surface area contributed by atoms with Crippen LogP contribution in [0.5, 0.6) is 0 Å². The van der Waals surface area contributed by atoms with Crippen molar-refractivity contribution in [3.05, 3.63) is 206 Å². The summed E-state index contributed by atoms with van der Waals surface area (Å²) in [5.74, 6) is 0.710. The van der Waals surface area contributed by atoms with Crippen LogP contribution in [0.25, 0.3) is 99.9 Å². The van der Waals surface area contributed by atoms with E-state index in [1.807, 2.05) is 24.3 Å². The second kappa shape index (κ2) is 13.1. The lowest BCUT2D eigenvalue weighted by Gasteiger charge is -2.13. The normalized spacial score (nSPS) is 11.6. The standard InChI is InChI=1S/C52H34N4/c1-4-14-35(15-5-1)45-34-46(54-52(53-45)38-16-6-2-7-17-38)41-20-12-18-39(32-41)40-19-13-23-43(33-40)56-47-25-11-10-24-44(47)50-48(56)29-28-36-26-27-37-30-31-55(51(37)49(36)50)42-21-8-3-9-22-42/h1-34H. The Labute approximate surface area is 324 Å². The third kappa shape index (κ3) is 5.31. The van der Waals surface area contributed by atoms with Crippen molar-refractivity contribution in [3.63, 3.8) is 0 Å². The van der Waals surface area contributed by atoms with E-state index in [2.05, 4.69) is 191 Å². The maximum Gasteiger partial charge on any atom is 0.160 e. The summed E-state index contributed by atoms with van der Waals surface area (Å²) in [6.45, 7) is 0. The average molecular weight is 715 g/mol. The number of nitrogens with zero attached hydrogens (tertiary/aromatic N) is 4. The molecule has 0 amide bonds. The highest BCUT2D eigenvalue weighted by Crippen LogP contribution is 2.41. The third-order valence-corrected chi connectivity index (χ3v) is 10.9. The summed E-state index contributed by atoms with van der Waals surface area (Å²) >= 11 is 0. The van der Waals surface area contributed by atoms with E-state index in [0.29, 0.717) is 5.82 Å². The van der Waals surface area contributed by atoms with Gasteiger partial charge in [0.15, 0.2) is 5.82 Å². The van der Waals surface area contributed by atoms with Gasteiger partial charge in [0.25, 0.3) is 0 Å². The Kier molecular flexibility index (Phi) is 7.46. The molecule has 0 atom stereocenters. The van der Waals surface area contributed by atoms with Crippen molar-refractivity contribution in [1.82, 2.24) is 19.1 Å². The van der Waals surface area contributed by atoms with Crippen LogP contribution < -0.4 is 0 Å². The van der Waals surface area contributed by atoms with Crippen LogP contribution >= 0.6 is 0 Å². The Morgan fingerprint density at radius 1 is 0.357 bits per heavy atom. The van der Waals surface area contributed by atoms with Crippen LogP contribution in [-0.4, -0.2) is 19.1 Å². The number of aromatic nitrogens is 4. The van der Waals surface area contributed by atoms with E-state index in [1.165, 1.54) is 43.5 Å². The number of fused-ring (bicyclic) bond motifs is 7. The van der Waals surface area contributed by atoms with Gasteiger partial charge in [0.05, 0.1) is 27.9 Å². The summed E-state index contributed by atoms with van der Waals surface area (Å²) < 4.78 is 4.76. The molecule has 0 aliphatic heterocycles. The molecule has 0 unspecified atom stereocenters. The van der Waals surface area contributed by atoms with E-state index in [9.17, 15) is 0 Å². The fourth-order valence-corrected chi connectivity index (χ4v) is 8.33. The Morgan fingerprint density at radius 3 is 1.75 bits per heavy atom. The maximum atomic E-state index is 5.11. The molecular formula is C52H34N4. The van der Waals surface area contributed by atoms with Crippen molar-refractivity contribution in [1.29, 1.82) is 0 Å². The molecule has 0 spiro atoms. The molecule has 0 bridgehead atoms. The number of benzene rings is 8. The predicted octanol–water partition coefficient (Wildman–Crippen LogP) is 13.3. The van der Waals surface area contributed by atoms with E-state index in [1.54, 1.807) is 0 Å². The molecule has 8 aromatic carbocycles. The van der Waals surface area contributed by atoms with Gasteiger partial charge in [-0.1, -0.05) is 146 Å². The van der Waals surface area contributed by atoms with Gasteiger partial charge in [-0.05, 0) is 71.1 Å². The van der Waals surface area contributed by atoms with E-state index >= 15 is 0 Å². The van der Waals surface area contributed by atoms with Gasteiger partial charge < -0.3 is 9.13 Å². The van der Waals surface area contributed by atoms with E-state index < -0.39 is 0 Å². The van der Waals surface area contributed by atoms with Gasteiger partial charge in [-0.3, -0.25) is 0 Å². The molecule has 56 heavy (non-hydrogen) atoms. The van der Waals surface area contributed by atoms with Gasteiger partial charge in [0.2, 0.25) is 0 Å². The molecule has 11 rings (SSSR count). The van der Waals surface area contributed by atoms with Crippen LogP contribution in [0, 0.1) is 0 Å². The molecule has 3 aromatic heterocycles. The second-order valence-electron chi connectivity index (χ2n) is 14.3. The lowest BCUT2D eigenvalue weighted by Crippen LogP contribution is -1.96. The maximum absolute atomic E-state index is 5.11. The molecule has 11 aromatic rings. The van der Waals surface area contributed by atoms with Gasteiger partial charge in [0, 0.05) is 55.8 Å². The van der Waals surface area contributed by atoms with Crippen molar-refractivity contribution < 1.29 is 0 Å². The quantitative estimate of drug-likeness (QED) is 0.172. The molecule has 0 N–H and O–H groups in total. The average Bonchev–Trinajstić information content (AvgIpc) is 3.87. The SMILES string of the molecule is c1ccc(-c2cc(-c3cccc(-c4cccc(-n5c6ccccc6c6c7c(ccc8ccn(-c9ccccc9)c87)ccc65)c4)c3)nc(-c3ccccc3)n2)cc1. The minimum atomic E-state index is 0.710. The number of rotatable bonds is 6. The molecule has 3 heterocycles. The molecule has 4 nitrogen and oxygen atoms in total. The van der Waals surface area contributed by atoms with Crippen LogP contribution in [0.3, 0.4) is 0 Å². The Hall–Kier alpha value is -7.56. The second-order valence-corrected chi connectivity index (χ2v) is 14.3. The summed E-state index contributed by atoms with van der Waals surface area (Å²) in [5.41, 5.74) is 13.0. The molecule has 0 aliphatic carbocycles. The first kappa shape index (κ1) is 31.9. The van der Waals surface area contributed by atoms with Crippen molar-refractivity contribution >= 4 is 43.5 Å². The zero-order chi connectivity index (χ0) is 37.0. The highest BCUT2D eigenvalue weighted by molar-refractivity contribution is 6.27. The smallest absolute Gasteiger partial charge is 0.160 e. The highest BCUT2D eigenvalue weighted by Gasteiger charge is 2.19. The topological polar surface area (TPSA) is 35.6 Å². The molecule has 0 aliphatic rings. The zero-order valence-corrected chi connectivity index (χ0v) is 30.4. The summed E-state index contributed by atoms with van der Waals surface area (Å²) in [6.07, 6.45) is 2.20. The van der Waals surface area contributed by atoms with Crippen molar-refractivity contribution in [2.45, 2.75) is 0 Å². The van der Waals surface area contributed by atoms with Gasteiger partial charge in [0.1, 0.15) is 0 Å². The lowest BCUT2D eigenvalue weighted by atomic mass is 10.00. The number of para-hydroxylation sites is 2. The predicted molar refractivity (Wildman–Crippen MR) is 232 cm³/mol. The summed E-state index contributed by atoms with van der Waals surface area (Å²) in [7, 11) is 0. The molecule has 0 radical (unpaired) electrons. The Bertz CT molecular complexity index is 3170. The Morgan fingerprint density at radius 2 is 0.946 bits per heavy atom. The number of hydrogen-bond acceptors (Lipinski definition) is 2. The highest BCUT2D eigenvalue weighted by atomic mass is 15.0. The van der Waals surface area contributed by atoms with E-state index in [-0.39, 0.29) is 0 Å². The molecule has 0 fully saturated rings. The lowest BCUT2D eigenvalue weighted by molar-refractivity contribution is 1.13. The first-order chi connectivity index (χ1) is 27.8. The molecule has 262 valence electrons. The van der Waals surface area contributed by atoms with E-state index in [0.717, 1.165) is 50.6 Å². The van der Waals surface area contributed by atoms with Crippen molar-refractivity contribution in [2.24, 2.45) is 0 Å². The monoisotopic (exact) mass is 714 g/mol. The molecule has 0 saturated heterocycles.